The first-order valence-electron chi connectivity index (χ1n) is 11.2. The molecule has 0 aromatic heterocycles. The molecule has 3 aliphatic carbocycles. The SMILES string of the molecule is CO[C@@H]1[C@H](OC(=O)C2CC3C=CC2C3)CC[C@]2(CO2)[C@H]1[C@@]1(C)O[C@@H]1CC=C(C)C. The zero-order valence-corrected chi connectivity index (χ0v) is 18.1. The Labute approximate surface area is 173 Å². The molecule has 0 N–H and O–H groups in total. The number of allylic oxidation sites excluding steroid dienone is 3. The van der Waals surface area contributed by atoms with Gasteiger partial charge in [0.25, 0.3) is 0 Å². The Morgan fingerprint density at radius 3 is 2.66 bits per heavy atom. The van der Waals surface area contributed by atoms with Crippen LogP contribution in [0.15, 0.2) is 23.8 Å². The number of carbonyl (C=O) groups is 1. The van der Waals surface area contributed by atoms with Crippen LogP contribution in [0.2, 0.25) is 0 Å². The Morgan fingerprint density at radius 2 is 2.07 bits per heavy atom. The summed E-state index contributed by atoms with van der Waals surface area (Å²) < 4.78 is 24.3. The summed E-state index contributed by atoms with van der Waals surface area (Å²) in [5.41, 5.74) is 0.843. The fourth-order valence-corrected chi connectivity index (χ4v) is 6.36. The van der Waals surface area contributed by atoms with Crippen LogP contribution in [0.4, 0.5) is 0 Å². The van der Waals surface area contributed by atoms with E-state index < -0.39 is 0 Å². The molecule has 2 bridgehead atoms. The number of rotatable bonds is 6. The standard InChI is InChI=1S/C24H34O5/c1-14(2)5-8-19-23(3,29-19)21-20(26-4)18(9-10-24(21)13-27-24)28-22(25)17-12-15-6-7-16(17)11-15/h5-7,15-21H,8-13H2,1-4H3/t15?,16?,17?,18-,19-,20-,21-,23+,24+/m1/s1. The van der Waals surface area contributed by atoms with Crippen molar-refractivity contribution in [2.45, 2.75) is 82.4 Å². The van der Waals surface area contributed by atoms with Crippen molar-refractivity contribution in [3.05, 3.63) is 23.8 Å². The van der Waals surface area contributed by atoms with Gasteiger partial charge >= 0.3 is 5.97 Å². The van der Waals surface area contributed by atoms with Crippen LogP contribution in [0, 0.1) is 23.7 Å². The van der Waals surface area contributed by atoms with Crippen LogP contribution in [0.1, 0.15) is 52.9 Å². The molecule has 5 heteroatoms. The van der Waals surface area contributed by atoms with Gasteiger partial charge in [-0.2, -0.15) is 0 Å². The number of hydrogen-bond acceptors (Lipinski definition) is 5. The Balaban J connectivity index is 1.31. The maximum absolute atomic E-state index is 13.0. The summed E-state index contributed by atoms with van der Waals surface area (Å²) in [6, 6.07) is 0. The minimum Gasteiger partial charge on any atom is -0.459 e. The molecule has 5 aliphatic rings. The average molecular weight is 403 g/mol. The van der Waals surface area contributed by atoms with E-state index in [-0.39, 0.29) is 47.3 Å². The molecule has 5 rings (SSSR count). The van der Waals surface area contributed by atoms with E-state index >= 15 is 0 Å². The normalized spacial score (nSPS) is 49.3. The van der Waals surface area contributed by atoms with Gasteiger partial charge in [0.2, 0.25) is 0 Å². The zero-order valence-electron chi connectivity index (χ0n) is 18.1. The van der Waals surface area contributed by atoms with E-state index in [0.29, 0.717) is 11.8 Å². The maximum atomic E-state index is 13.0. The fourth-order valence-electron chi connectivity index (χ4n) is 6.36. The summed E-state index contributed by atoms with van der Waals surface area (Å²) in [6.45, 7) is 7.17. The van der Waals surface area contributed by atoms with Crippen LogP contribution in [0.5, 0.6) is 0 Å². The molecule has 0 amide bonds. The summed E-state index contributed by atoms with van der Waals surface area (Å²) in [7, 11) is 1.73. The summed E-state index contributed by atoms with van der Waals surface area (Å²) in [6.07, 6.45) is 11.1. The van der Waals surface area contributed by atoms with E-state index in [1.54, 1.807) is 7.11 Å². The van der Waals surface area contributed by atoms with Crippen molar-refractivity contribution in [3.8, 4) is 0 Å². The van der Waals surface area contributed by atoms with E-state index in [1.807, 2.05) is 0 Å². The molecule has 0 radical (unpaired) electrons. The van der Waals surface area contributed by atoms with Crippen molar-refractivity contribution >= 4 is 5.97 Å². The quantitative estimate of drug-likeness (QED) is 0.384. The number of carbonyl (C=O) groups excluding carboxylic acids is 1. The second-order valence-corrected chi connectivity index (χ2v) is 10.2. The molecule has 2 aliphatic heterocycles. The van der Waals surface area contributed by atoms with E-state index in [1.165, 1.54) is 5.57 Å². The van der Waals surface area contributed by atoms with E-state index in [9.17, 15) is 4.79 Å². The summed E-state index contributed by atoms with van der Waals surface area (Å²) in [5, 5.41) is 0. The lowest BCUT2D eigenvalue weighted by Crippen LogP contribution is -2.56. The summed E-state index contributed by atoms with van der Waals surface area (Å²) in [4.78, 5) is 13.0. The highest BCUT2D eigenvalue weighted by Gasteiger charge is 2.72. The molecule has 29 heavy (non-hydrogen) atoms. The van der Waals surface area contributed by atoms with Crippen LogP contribution in [-0.2, 0) is 23.7 Å². The molecule has 5 nitrogen and oxygen atoms in total. The number of fused-ring (bicyclic) bond motifs is 2. The minimum absolute atomic E-state index is 0.0206. The van der Waals surface area contributed by atoms with Crippen LogP contribution < -0.4 is 0 Å². The van der Waals surface area contributed by atoms with Crippen LogP contribution in [-0.4, -0.2) is 49.2 Å². The van der Waals surface area contributed by atoms with Crippen molar-refractivity contribution in [2.75, 3.05) is 13.7 Å². The van der Waals surface area contributed by atoms with Crippen molar-refractivity contribution in [1.29, 1.82) is 0 Å². The van der Waals surface area contributed by atoms with Crippen LogP contribution in [0.25, 0.3) is 0 Å². The molecule has 3 unspecified atom stereocenters. The molecule has 0 aromatic rings. The van der Waals surface area contributed by atoms with Crippen molar-refractivity contribution in [1.82, 2.24) is 0 Å². The first-order valence-corrected chi connectivity index (χ1v) is 11.2. The molecule has 4 fully saturated rings. The molecule has 160 valence electrons. The van der Waals surface area contributed by atoms with Gasteiger partial charge < -0.3 is 18.9 Å². The molecule has 2 saturated heterocycles. The smallest absolute Gasteiger partial charge is 0.309 e. The third-order valence-electron chi connectivity index (χ3n) is 8.09. The van der Waals surface area contributed by atoms with Gasteiger partial charge in [-0.05, 0) is 64.7 Å². The highest BCUT2D eigenvalue weighted by atomic mass is 16.6. The number of epoxide rings is 2. The molecule has 9 atom stereocenters. The topological polar surface area (TPSA) is 60.6 Å². The summed E-state index contributed by atoms with van der Waals surface area (Å²) in [5.74, 6) is 0.994. The highest BCUT2D eigenvalue weighted by molar-refractivity contribution is 5.74. The van der Waals surface area contributed by atoms with E-state index in [4.69, 9.17) is 18.9 Å². The van der Waals surface area contributed by atoms with Gasteiger partial charge in [0.05, 0.1) is 24.5 Å². The maximum Gasteiger partial charge on any atom is 0.309 e. The van der Waals surface area contributed by atoms with Gasteiger partial charge in [0, 0.05) is 7.11 Å². The lowest BCUT2D eigenvalue weighted by Gasteiger charge is -2.43. The molecule has 2 saturated carbocycles. The average Bonchev–Trinajstić information content (AvgIpc) is 3.48. The minimum atomic E-state index is -0.288. The van der Waals surface area contributed by atoms with Gasteiger partial charge in [0.15, 0.2) is 0 Å². The fraction of sp³-hybridized carbons (Fsp3) is 0.792. The third-order valence-corrected chi connectivity index (χ3v) is 8.09. The molecule has 2 heterocycles. The Morgan fingerprint density at radius 1 is 1.28 bits per heavy atom. The second kappa shape index (κ2) is 6.93. The third kappa shape index (κ3) is 3.30. The number of ether oxygens (including phenoxy) is 4. The highest BCUT2D eigenvalue weighted by Crippen LogP contribution is 2.59. The predicted octanol–water partition coefficient (Wildman–Crippen LogP) is 3.82. The van der Waals surface area contributed by atoms with Gasteiger partial charge in [-0.15, -0.1) is 0 Å². The van der Waals surface area contributed by atoms with Crippen LogP contribution >= 0.6 is 0 Å². The van der Waals surface area contributed by atoms with Crippen molar-refractivity contribution in [3.63, 3.8) is 0 Å². The van der Waals surface area contributed by atoms with Gasteiger partial charge in [-0.1, -0.05) is 23.8 Å². The summed E-state index contributed by atoms with van der Waals surface area (Å²) >= 11 is 0. The Kier molecular flexibility index (Phi) is 4.72. The first kappa shape index (κ1) is 19.8. The lowest BCUT2D eigenvalue weighted by molar-refractivity contribution is -0.176. The first-order chi connectivity index (χ1) is 13.9. The number of hydrogen-bond donors (Lipinski definition) is 0. The van der Waals surface area contributed by atoms with Crippen molar-refractivity contribution < 1.29 is 23.7 Å². The van der Waals surface area contributed by atoms with Crippen LogP contribution in [0.3, 0.4) is 0 Å². The lowest BCUT2D eigenvalue weighted by atomic mass is 9.68. The Bertz CT molecular complexity index is 734. The Hall–Kier alpha value is -1.17. The predicted molar refractivity (Wildman–Crippen MR) is 108 cm³/mol. The van der Waals surface area contributed by atoms with E-state index in [0.717, 1.165) is 38.7 Å². The number of methoxy groups -OCH3 is 1. The largest absolute Gasteiger partial charge is 0.459 e. The monoisotopic (exact) mass is 402 g/mol. The van der Waals surface area contributed by atoms with Gasteiger partial charge in [-0.25, -0.2) is 0 Å². The molecular formula is C24H34O5. The molecular weight excluding hydrogens is 368 g/mol. The second-order valence-electron chi connectivity index (χ2n) is 10.2. The van der Waals surface area contributed by atoms with Crippen molar-refractivity contribution in [2.24, 2.45) is 23.7 Å². The van der Waals surface area contributed by atoms with Gasteiger partial charge in [-0.3, -0.25) is 4.79 Å². The molecule has 1 spiro atoms. The molecule has 0 aromatic carbocycles. The van der Waals surface area contributed by atoms with Gasteiger partial charge in [0.1, 0.15) is 23.4 Å². The zero-order chi connectivity index (χ0) is 20.4. The van der Waals surface area contributed by atoms with E-state index in [2.05, 4.69) is 39.0 Å². The number of esters is 1.